The third kappa shape index (κ3) is 2.62. The molecular weight excluding hydrogens is 238 g/mol. The number of aryl methyl sites for hydroxylation is 2. The van der Waals surface area contributed by atoms with E-state index in [1.54, 1.807) is 0 Å². The largest absolute Gasteiger partial charge is 0.351 e. The summed E-state index contributed by atoms with van der Waals surface area (Å²) in [5.41, 5.74) is 4.13. The second kappa shape index (κ2) is 4.68. The number of carbonyl (C=O) groups excluding carboxylic acids is 1. The Balaban J connectivity index is 2.31. The van der Waals surface area contributed by atoms with Crippen LogP contribution in [0, 0.1) is 19.3 Å². The van der Waals surface area contributed by atoms with Crippen molar-refractivity contribution in [1.29, 1.82) is 0 Å². The van der Waals surface area contributed by atoms with Gasteiger partial charge in [0.2, 0.25) is 5.91 Å². The molecule has 0 spiro atoms. The normalized spacial score (nSPS) is 11.8. The SMILES string of the molecule is Cc1cc(C)c2cn[nH]c2c1CNC(=O)C(C)(C)C. The highest BCUT2D eigenvalue weighted by molar-refractivity contribution is 5.86. The van der Waals surface area contributed by atoms with Crippen molar-refractivity contribution in [3.05, 3.63) is 29.0 Å². The summed E-state index contributed by atoms with van der Waals surface area (Å²) >= 11 is 0. The average Bonchev–Trinajstić information content (AvgIpc) is 2.76. The van der Waals surface area contributed by atoms with Crippen LogP contribution in [0.2, 0.25) is 0 Å². The minimum Gasteiger partial charge on any atom is -0.351 e. The highest BCUT2D eigenvalue weighted by atomic mass is 16.2. The third-order valence-electron chi connectivity index (χ3n) is 3.38. The Kier molecular flexibility index (Phi) is 3.35. The first-order valence-electron chi connectivity index (χ1n) is 6.51. The molecule has 1 aromatic carbocycles. The molecule has 0 aliphatic rings. The number of hydrogen-bond donors (Lipinski definition) is 2. The fraction of sp³-hybridized carbons (Fsp3) is 0.467. The number of nitrogens with one attached hydrogen (secondary N) is 2. The van der Waals surface area contributed by atoms with E-state index in [2.05, 4.69) is 35.4 Å². The first-order valence-corrected chi connectivity index (χ1v) is 6.51. The van der Waals surface area contributed by atoms with Gasteiger partial charge in [-0.15, -0.1) is 0 Å². The number of aromatic amines is 1. The summed E-state index contributed by atoms with van der Waals surface area (Å²) in [7, 11) is 0. The molecule has 0 aliphatic carbocycles. The van der Waals surface area contributed by atoms with Gasteiger partial charge in [-0.25, -0.2) is 0 Å². The predicted octanol–water partition coefficient (Wildman–Crippen LogP) is 2.84. The number of aromatic nitrogens is 2. The Morgan fingerprint density at radius 3 is 2.63 bits per heavy atom. The van der Waals surface area contributed by atoms with Crippen LogP contribution in [0.5, 0.6) is 0 Å². The first-order chi connectivity index (χ1) is 8.80. The summed E-state index contributed by atoms with van der Waals surface area (Å²) in [5.74, 6) is 0.0557. The molecule has 2 rings (SSSR count). The van der Waals surface area contributed by atoms with Gasteiger partial charge >= 0.3 is 0 Å². The van der Waals surface area contributed by atoms with Gasteiger partial charge in [-0.1, -0.05) is 26.8 Å². The Hall–Kier alpha value is -1.84. The highest BCUT2D eigenvalue weighted by Gasteiger charge is 2.21. The molecule has 102 valence electrons. The number of H-pyrrole nitrogens is 1. The number of nitrogens with zero attached hydrogens (tertiary/aromatic N) is 1. The Labute approximate surface area is 113 Å². The van der Waals surface area contributed by atoms with E-state index in [0.29, 0.717) is 6.54 Å². The standard InChI is InChI=1S/C15H21N3O/c1-9-6-10(2)12-8-17-18-13(12)11(9)7-16-14(19)15(3,4)5/h6,8H,7H2,1-5H3,(H,16,19)(H,17,18). The van der Waals surface area contributed by atoms with Crippen molar-refractivity contribution in [2.24, 2.45) is 5.41 Å². The van der Waals surface area contributed by atoms with E-state index in [1.807, 2.05) is 27.0 Å². The van der Waals surface area contributed by atoms with Gasteiger partial charge in [0.15, 0.2) is 0 Å². The minimum atomic E-state index is -0.369. The maximum Gasteiger partial charge on any atom is 0.225 e. The van der Waals surface area contributed by atoms with Gasteiger partial charge in [0.25, 0.3) is 0 Å². The number of benzene rings is 1. The Bertz CT molecular complexity index is 620. The van der Waals surface area contributed by atoms with E-state index >= 15 is 0 Å². The summed E-state index contributed by atoms with van der Waals surface area (Å²) in [4.78, 5) is 12.0. The fourth-order valence-corrected chi connectivity index (χ4v) is 2.16. The van der Waals surface area contributed by atoms with Crippen molar-refractivity contribution in [3.8, 4) is 0 Å². The van der Waals surface area contributed by atoms with Gasteiger partial charge in [-0.2, -0.15) is 5.10 Å². The van der Waals surface area contributed by atoms with Gasteiger partial charge < -0.3 is 5.32 Å². The molecule has 0 aliphatic heterocycles. The first kappa shape index (κ1) is 13.6. The quantitative estimate of drug-likeness (QED) is 0.871. The van der Waals surface area contributed by atoms with Crippen LogP contribution in [-0.2, 0) is 11.3 Å². The predicted molar refractivity (Wildman–Crippen MR) is 76.9 cm³/mol. The molecule has 2 N–H and O–H groups in total. The molecular formula is C15H21N3O. The molecule has 0 saturated carbocycles. The van der Waals surface area contributed by atoms with Crippen molar-refractivity contribution >= 4 is 16.8 Å². The van der Waals surface area contributed by atoms with Gasteiger partial charge in [-0.3, -0.25) is 9.89 Å². The van der Waals surface area contributed by atoms with Crippen LogP contribution in [-0.4, -0.2) is 16.1 Å². The zero-order valence-corrected chi connectivity index (χ0v) is 12.2. The van der Waals surface area contributed by atoms with E-state index in [-0.39, 0.29) is 11.3 Å². The number of fused-ring (bicyclic) bond motifs is 1. The molecule has 1 heterocycles. The van der Waals surface area contributed by atoms with Crippen LogP contribution in [0.25, 0.3) is 10.9 Å². The lowest BCUT2D eigenvalue weighted by Crippen LogP contribution is -2.34. The van der Waals surface area contributed by atoms with E-state index < -0.39 is 0 Å². The van der Waals surface area contributed by atoms with Crippen LogP contribution in [0.3, 0.4) is 0 Å². The van der Waals surface area contributed by atoms with Crippen LogP contribution in [0.4, 0.5) is 0 Å². The number of rotatable bonds is 2. The maximum absolute atomic E-state index is 12.0. The molecule has 0 unspecified atom stereocenters. The monoisotopic (exact) mass is 259 g/mol. The number of carbonyl (C=O) groups is 1. The molecule has 0 radical (unpaired) electrons. The molecule has 0 saturated heterocycles. The third-order valence-corrected chi connectivity index (χ3v) is 3.38. The van der Waals surface area contributed by atoms with Crippen molar-refractivity contribution in [1.82, 2.24) is 15.5 Å². The molecule has 1 aromatic heterocycles. The van der Waals surface area contributed by atoms with Crippen molar-refractivity contribution in [2.45, 2.75) is 41.2 Å². The van der Waals surface area contributed by atoms with E-state index in [1.165, 1.54) is 11.1 Å². The second-order valence-electron chi connectivity index (χ2n) is 6.08. The zero-order chi connectivity index (χ0) is 14.2. The molecule has 0 bridgehead atoms. The van der Waals surface area contributed by atoms with E-state index in [9.17, 15) is 4.79 Å². The molecule has 1 amide bonds. The molecule has 0 fully saturated rings. The highest BCUT2D eigenvalue weighted by Crippen LogP contribution is 2.24. The van der Waals surface area contributed by atoms with Crippen LogP contribution < -0.4 is 5.32 Å². The van der Waals surface area contributed by atoms with Crippen LogP contribution >= 0.6 is 0 Å². The lowest BCUT2D eigenvalue weighted by Gasteiger charge is -2.18. The Morgan fingerprint density at radius 1 is 1.32 bits per heavy atom. The van der Waals surface area contributed by atoms with Crippen molar-refractivity contribution < 1.29 is 4.79 Å². The van der Waals surface area contributed by atoms with Crippen LogP contribution in [0.1, 0.15) is 37.5 Å². The van der Waals surface area contributed by atoms with E-state index in [4.69, 9.17) is 0 Å². The maximum atomic E-state index is 12.0. The molecule has 0 atom stereocenters. The fourth-order valence-electron chi connectivity index (χ4n) is 2.16. The van der Waals surface area contributed by atoms with Gasteiger partial charge in [0.1, 0.15) is 0 Å². The van der Waals surface area contributed by atoms with Crippen molar-refractivity contribution in [2.75, 3.05) is 0 Å². The molecule has 4 nitrogen and oxygen atoms in total. The average molecular weight is 259 g/mol. The smallest absolute Gasteiger partial charge is 0.225 e. The number of amides is 1. The summed E-state index contributed by atoms with van der Waals surface area (Å²) in [6, 6.07) is 2.14. The van der Waals surface area contributed by atoms with Crippen LogP contribution in [0.15, 0.2) is 12.3 Å². The lowest BCUT2D eigenvalue weighted by atomic mass is 9.95. The molecule has 2 aromatic rings. The summed E-state index contributed by atoms with van der Waals surface area (Å²) in [6.07, 6.45) is 1.83. The lowest BCUT2D eigenvalue weighted by molar-refractivity contribution is -0.128. The summed E-state index contributed by atoms with van der Waals surface area (Å²) in [5, 5.41) is 11.2. The number of hydrogen-bond acceptors (Lipinski definition) is 2. The summed E-state index contributed by atoms with van der Waals surface area (Å²) < 4.78 is 0. The minimum absolute atomic E-state index is 0.0557. The van der Waals surface area contributed by atoms with E-state index in [0.717, 1.165) is 16.5 Å². The Morgan fingerprint density at radius 2 is 2.00 bits per heavy atom. The van der Waals surface area contributed by atoms with Gasteiger partial charge in [0, 0.05) is 17.3 Å². The van der Waals surface area contributed by atoms with Gasteiger partial charge in [-0.05, 0) is 30.5 Å². The topological polar surface area (TPSA) is 57.8 Å². The van der Waals surface area contributed by atoms with Crippen molar-refractivity contribution in [3.63, 3.8) is 0 Å². The summed E-state index contributed by atoms with van der Waals surface area (Å²) in [6.45, 7) is 10.4. The zero-order valence-electron chi connectivity index (χ0n) is 12.2. The molecule has 19 heavy (non-hydrogen) atoms. The second-order valence-corrected chi connectivity index (χ2v) is 6.08. The molecule has 4 heteroatoms. The van der Waals surface area contributed by atoms with Gasteiger partial charge in [0.05, 0.1) is 11.7 Å².